The topological polar surface area (TPSA) is 69.4 Å². The molecule has 0 radical (unpaired) electrons. The van der Waals surface area contributed by atoms with Crippen LogP contribution in [0.1, 0.15) is 19.8 Å². The van der Waals surface area contributed by atoms with Gasteiger partial charge in [0.25, 0.3) is 0 Å². The van der Waals surface area contributed by atoms with Gasteiger partial charge in [0, 0.05) is 18.3 Å². The first-order chi connectivity index (χ1) is 5.07. The van der Waals surface area contributed by atoms with E-state index in [1.54, 1.807) is 0 Å². The Labute approximate surface area is 64.5 Å². The highest BCUT2D eigenvalue weighted by molar-refractivity contribution is 5.69. The number of hydrogen-bond acceptors (Lipinski definition) is 4. The minimum Gasteiger partial charge on any atom is -0.469 e. The molecule has 0 spiro atoms. The van der Waals surface area contributed by atoms with E-state index >= 15 is 0 Å². The molecule has 0 aliphatic carbocycles. The first kappa shape index (κ1) is 9.87. The molecular weight excluding hydrogens is 150 g/mol. The molecule has 11 heavy (non-hydrogen) atoms. The van der Waals surface area contributed by atoms with E-state index in [4.69, 9.17) is 0 Å². The van der Waals surface area contributed by atoms with Gasteiger partial charge in [-0.15, -0.1) is 0 Å². The van der Waals surface area contributed by atoms with E-state index in [9.17, 15) is 14.9 Å². The maximum absolute atomic E-state index is 10.5. The number of ether oxygens (including phenoxy) is 1. The van der Waals surface area contributed by atoms with Crippen LogP contribution in [0, 0.1) is 10.1 Å². The summed E-state index contributed by atoms with van der Waals surface area (Å²) in [6.07, 6.45) is 0.346. The van der Waals surface area contributed by atoms with Gasteiger partial charge in [-0.1, -0.05) is 0 Å². The zero-order valence-electron chi connectivity index (χ0n) is 6.57. The first-order valence-electron chi connectivity index (χ1n) is 3.28. The van der Waals surface area contributed by atoms with Gasteiger partial charge in [-0.25, -0.2) is 0 Å². The van der Waals surface area contributed by atoms with Crippen LogP contribution in [0.3, 0.4) is 0 Å². The average Bonchev–Trinajstić information content (AvgIpc) is 1.99. The highest BCUT2D eigenvalue weighted by Crippen LogP contribution is 2.00. The van der Waals surface area contributed by atoms with Crippen LogP contribution in [-0.4, -0.2) is 24.0 Å². The van der Waals surface area contributed by atoms with Crippen molar-refractivity contribution in [2.45, 2.75) is 25.8 Å². The molecule has 64 valence electrons. The highest BCUT2D eigenvalue weighted by Gasteiger charge is 2.14. The van der Waals surface area contributed by atoms with E-state index in [0.717, 1.165) is 0 Å². The monoisotopic (exact) mass is 161 g/mol. The van der Waals surface area contributed by atoms with E-state index in [-0.39, 0.29) is 12.8 Å². The Morgan fingerprint density at radius 2 is 2.27 bits per heavy atom. The summed E-state index contributed by atoms with van der Waals surface area (Å²) in [6.45, 7) is 1.46. The first-order valence-corrected chi connectivity index (χ1v) is 3.28. The van der Waals surface area contributed by atoms with Crippen molar-refractivity contribution in [3.8, 4) is 0 Å². The largest absolute Gasteiger partial charge is 0.469 e. The predicted octanol–water partition coefficient (Wildman–Crippen LogP) is 0.605. The lowest BCUT2D eigenvalue weighted by Crippen LogP contribution is -2.16. The number of esters is 1. The van der Waals surface area contributed by atoms with Crippen LogP contribution in [0.5, 0.6) is 0 Å². The van der Waals surface area contributed by atoms with E-state index in [2.05, 4.69) is 4.74 Å². The lowest BCUT2D eigenvalue weighted by molar-refractivity contribution is -0.518. The third-order valence-electron chi connectivity index (χ3n) is 1.35. The van der Waals surface area contributed by atoms with Gasteiger partial charge < -0.3 is 4.74 Å². The molecule has 0 amide bonds. The van der Waals surface area contributed by atoms with Crippen LogP contribution >= 0.6 is 0 Å². The Morgan fingerprint density at radius 3 is 2.64 bits per heavy atom. The lowest BCUT2D eigenvalue weighted by atomic mass is 10.2. The summed E-state index contributed by atoms with van der Waals surface area (Å²) >= 11 is 0. The van der Waals surface area contributed by atoms with Crippen molar-refractivity contribution in [1.82, 2.24) is 0 Å². The summed E-state index contributed by atoms with van der Waals surface area (Å²) in [5.74, 6) is -0.404. The fraction of sp³-hybridized carbons (Fsp3) is 0.833. The summed E-state index contributed by atoms with van der Waals surface area (Å²) in [7, 11) is 1.26. The predicted molar refractivity (Wildman–Crippen MR) is 37.7 cm³/mol. The van der Waals surface area contributed by atoms with Gasteiger partial charge in [0.05, 0.1) is 13.5 Å². The summed E-state index contributed by atoms with van der Waals surface area (Å²) in [5.41, 5.74) is 0. The van der Waals surface area contributed by atoms with Crippen LogP contribution in [0.15, 0.2) is 0 Å². The molecule has 0 N–H and O–H groups in total. The van der Waals surface area contributed by atoms with Crippen molar-refractivity contribution in [1.29, 1.82) is 0 Å². The maximum Gasteiger partial charge on any atom is 0.305 e. The van der Waals surface area contributed by atoms with Crippen molar-refractivity contribution >= 4 is 5.97 Å². The molecule has 0 aromatic carbocycles. The van der Waals surface area contributed by atoms with Crippen molar-refractivity contribution in [2.75, 3.05) is 7.11 Å². The third kappa shape index (κ3) is 4.30. The van der Waals surface area contributed by atoms with Gasteiger partial charge in [0.2, 0.25) is 6.04 Å². The van der Waals surface area contributed by atoms with Gasteiger partial charge in [0.1, 0.15) is 0 Å². The second-order valence-corrected chi connectivity index (χ2v) is 2.25. The molecule has 5 heteroatoms. The Morgan fingerprint density at radius 1 is 1.73 bits per heavy atom. The molecule has 0 aromatic heterocycles. The molecule has 0 heterocycles. The molecule has 0 saturated carbocycles. The van der Waals surface area contributed by atoms with Gasteiger partial charge in [-0.3, -0.25) is 14.9 Å². The van der Waals surface area contributed by atoms with Gasteiger partial charge in [0.15, 0.2) is 0 Å². The number of rotatable bonds is 4. The van der Waals surface area contributed by atoms with Crippen LogP contribution < -0.4 is 0 Å². The highest BCUT2D eigenvalue weighted by atomic mass is 16.6. The molecule has 0 unspecified atom stereocenters. The Balaban J connectivity index is 3.54. The van der Waals surface area contributed by atoms with Crippen LogP contribution in [0.2, 0.25) is 0 Å². The maximum atomic E-state index is 10.5. The van der Waals surface area contributed by atoms with Crippen molar-refractivity contribution < 1.29 is 14.5 Å². The minimum absolute atomic E-state index is 0.110. The molecule has 0 aliphatic heterocycles. The minimum atomic E-state index is -0.672. The summed E-state index contributed by atoms with van der Waals surface area (Å²) in [5, 5.41) is 10.1. The molecule has 0 saturated heterocycles. The van der Waals surface area contributed by atoms with E-state index in [0.29, 0.717) is 0 Å². The van der Waals surface area contributed by atoms with E-state index in [1.807, 2.05) is 0 Å². The van der Waals surface area contributed by atoms with Crippen molar-refractivity contribution in [3.63, 3.8) is 0 Å². The number of hydrogen-bond donors (Lipinski definition) is 0. The SMILES string of the molecule is COC(=O)CC[C@@H](C)[N+](=O)[O-]. The number of nitrogens with zero attached hydrogens (tertiary/aromatic N) is 1. The standard InChI is InChI=1S/C6H11NO4/c1-5(7(9)10)3-4-6(8)11-2/h5H,3-4H2,1-2H3/t5-/m1/s1. The molecule has 1 atom stereocenters. The second kappa shape index (κ2) is 4.65. The molecule has 5 nitrogen and oxygen atoms in total. The van der Waals surface area contributed by atoms with E-state index in [1.165, 1.54) is 14.0 Å². The molecular formula is C6H11NO4. The van der Waals surface area contributed by atoms with Gasteiger partial charge >= 0.3 is 5.97 Å². The number of carbonyl (C=O) groups excluding carboxylic acids is 1. The van der Waals surface area contributed by atoms with E-state index < -0.39 is 16.9 Å². The Bertz CT molecular complexity index is 157. The average molecular weight is 161 g/mol. The fourth-order valence-corrected chi connectivity index (χ4v) is 0.534. The summed E-state index contributed by atoms with van der Waals surface area (Å²) < 4.78 is 4.32. The molecule has 0 bridgehead atoms. The smallest absolute Gasteiger partial charge is 0.305 e. The Kier molecular flexibility index (Phi) is 4.17. The summed E-state index contributed by atoms with van der Waals surface area (Å²) in [6, 6.07) is -0.672. The van der Waals surface area contributed by atoms with Crippen molar-refractivity contribution in [2.24, 2.45) is 0 Å². The van der Waals surface area contributed by atoms with Crippen LogP contribution in [0.4, 0.5) is 0 Å². The van der Waals surface area contributed by atoms with Crippen molar-refractivity contribution in [3.05, 3.63) is 10.1 Å². The normalized spacial score (nSPS) is 12.2. The summed E-state index contributed by atoms with van der Waals surface area (Å²) in [4.78, 5) is 20.1. The molecule has 0 aromatic rings. The number of carbonyl (C=O) groups is 1. The number of nitro groups is 1. The fourth-order valence-electron chi connectivity index (χ4n) is 0.534. The van der Waals surface area contributed by atoms with Crippen LogP contribution in [-0.2, 0) is 9.53 Å². The zero-order valence-corrected chi connectivity index (χ0v) is 6.57. The quantitative estimate of drug-likeness (QED) is 0.344. The molecule has 0 fully saturated rings. The molecule has 0 aliphatic rings. The van der Waals surface area contributed by atoms with Gasteiger partial charge in [-0.2, -0.15) is 0 Å². The van der Waals surface area contributed by atoms with Crippen LogP contribution in [0.25, 0.3) is 0 Å². The Hall–Kier alpha value is -1.13. The second-order valence-electron chi connectivity index (χ2n) is 2.25. The lowest BCUT2D eigenvalue weighted by Gasteiger charge is -2.01. The number of methoxy groups -OCH3 is 1. The molecule has 0 rings (SSSR count). The third-order valence-corrected chi connectivity index (χ3v) is 1.35. The zero-order chi connectivity index (χ0) is 8.85. The van der Waals surface area contributed by atoms with Gasteiger partial charge in [-0.05, 0) is 0 Å².